The Labute approximate surface area is 135 Å². The highest BCUT2D eigenvalue weighted by Crippen LogP contribution is 2.34. The minimum Gasteiger partial charge on any atom is -0.493 e. The van der Waals surface area contributed by atoms with E-state index in [1.54, 1.807) is 14.2 Å². The summed E-state index contributed by atoms with van der Waals surface area (Å²) in [5.74, 6) is 2.12. The minimum atomic E-state index is 0.0403. The average molecular weight is 312 g/mol. The lowest BCUT2D eigenvalue weighted by molar-refractivity contribution is 0.278. The van der Waals surface area contributed by atoms with Crippen LogP contribution in [-0.2, 0) is 6.54 Å². The van der Waals surface area contributed by atoms with Gasteiger partial charge in [0.05, 0.1) is 31.9 Å². The monoisotopic (exact) mass is 312 g/mol. The second-order valence-corrected chi connectivity index (χ2v) is 5.38. The molecule has 1 N–H and O–H groups in total. The van der Waals surface area contributed by atoms with Crippen molar-refractivity contribution in [3.05, 3.63) is 42.0 Å². The van der Waals surface area contributed by atoms with Gasteiger partial charge in [-0.15, -0.1) is 0 Å². The van der Waals surface area contributed by atoms with Crippen LogP contribution < -0.4 is 9.47 Å². The number of imidazole rings is 1. The first-order valence-electron chi connectivity index (χ1n) is 7.48. The lowest BCUT2D eigenvalue weighted by Crippen LogP contribution is -2.04. The van der Waals surface area contributed by atoms with Gasteiger partial charge < -0.3 is 19.1 Å². The number of hydrogen-bond acceptors (Lipinski definition) is 4. The molecule has 3 aromatic rings. The van der Waals surface area contributed by atoms with E-state index in [0.717, 1.165) is 22.4 Å². The third-order valence-electron chi connectivity index (χ3n) is 3.85. The zero-order valence-corrected chi connectivity index (χ0v) is 13.5. The summed E-state index contributed by atoms with van der Waals surface area (Å²) in [5.41, 5.74) is 3.91. The molecule has 0 saturated heterocycles. The summed E-state index contributed by atoms with van der Waals surface area (Å²) >= 11 is 0. The van der Waals surface area contributed by atoms with Gasteiger partial charge in [0, 0.05) is 24.2 Å². The van der Waals surface area contributed by atoms with Crippen LogP contribution in [0.3, 0.4) is 0 Å². The van der Waals surface area contributed by atoms with Gasteiger partial charge in [-0.1, -0.05) is 23.8 Å². The van der Waals surface area contributed by atoms with Crippen LogP contribution in [-0.4, -0.2) is 35.5 Å². The Hall–Kier alpha value is -2.53. The quantitative estimate of drug-likeness (QED) is 0.787. The summed E-state index contributed by atoms with van der Waals surface area (Å²) in [7, 11) is 3.22. The van der Waals surface area contributed by atoms with Crippen molar-refractivity contribution in [3.8, 4) is 22.9 Å². The summed E-state index contributed by atoms with van der Waals surface area (Å²) in [6.45, 7) is 2.56. The first-order chi connectivity index (χ1) is 11.2. The van der Waals surface area contributed by atoms with E-state index in [0.29, 0.717) is 18.0 Å². The highest BCUT2D eigenvalue weighted by atomic mass is 16.5. The predicted octanol–water partition coefficient (Wildman–Crippen LogP) is 3.02. The van der Waals surface area contributed by atoms with E-state index in [2.05, 4.69) is 19.1 Å². The Morgan fingerprint density at radius 2 is 1.83 bits per heavy atom. The molecule has 23 heavy (non-hydrogen) atoms. The van der Waals surface area contributed by atoms with Crippen molar-refractivity contribution in [3.63, 3.8) is 0 Å². The van der Waals surface area contributed by atoms with Crippen molar-refractivity contribution in [1.82, 2.24) is 9.55 Å². The van der Waals surface area contributed by atoms with Crippen molar-refractivity contribution >= 4 is 11.0 Å². The van der Waals surface area contributed by atoms with Gasteiger partial charge in [-0.2, -0.15) is 0 Å². The highest BCUT2D eigenvalue weighted by Gasteiger charge is 2.16. The minimum absolute atomic E-state index is 0.0403. The maximum atomic E-state index is 9.45. The fraction of sp³-hybridized carbons (Fsp3) is 0.278. The predicted molar refractivity (Wildman–Crippen MR) is 90.1 cm³/mol. The molecular weight excluding hydrogens is 292 g/mol. The molecule has 0 aliphatic heterocycles. The lowest BCUT2D eigenvalue weighted by atomic mass is 10.1. The van der Waals surface area contributed by atoms with E-state index in [9.17, 15) is 5.11 Å². The molecule has 0 unspecified atom stereocenters. The molecule has 1 aromatic heterocycles. The molecule has 0 amide bonds. The van der Waals surface area contributed by atoms with E-state index in [1.165, 1.54) is 5.56 Å². The maximum Gasteiger partial charge on any atom is 0.163 e. The third kappa shape index (κ3) is 2.75. The number of nitrogens with zero attached hydrogens (tertiary/aromatic N) is 2. The van der Waals surface area contributed by atoms with Crippen LogP contribution in [0, 0.1) is 6.92 Å². The van der Waals surface area contributed by atoms with Crippen LogP contribution >= 0.6 is 0 Å². The number of hydrogen-bond donors (Lipinski definition) is 1. The molecule has 0 aliphatic carbocycles. The fourth-order valence-corrected chi connectivity index (χ4v) is 2.78. The van der Waals surface area contributed by atoms with Gasteiger partial charge in [0.25, 0.3) is 0 Å². The Morgan fingerprint density at radius 1 is 1.09 bits per heavy atom. The summed E-state index contributed by atoms with van der Waals surface area (Å²) in [6.07, 6.45) is 0. The zero-order chi connectivity index (χ0) is 16.4. The number of aliphatic hydroxyl groups is 1. The standard InChI is InChI=1S/C18H20N2O3/c1-12-5-4-6-13(9-12)18-19-14-10-16(22-2)17(23-3)11-15(14)20(18)7-8-21/h4-6,9-11,21H,7-8H2,1-3H3. The Bertz CT molecular complexity index is 840. The van der Waals surface area contributed by atoms with Crippen molar-refractivity contribution in [2.45, 2.75) is 13.5 Å². The number of rotatable bonds is 5. The summed E-state index contributed by atoms with van der Waals surface area (Å²) in [5, 5.41) is 9.45. The van der Waals surface area contributed by atoms with Gasteiger partial charge in [-0.3, -0.25) is 0 Å². The molecular formula is C18H20N2O3. The summed E-state index contributed by atoms with van der Waals surface area (Å²) in [4.78, 5) is 4.74. The second-order valence-electron chi connectivity index (χ2n) is 5.38. The van der Waals surface area contributed by atoms with E-state index >= 15 is 0 Å². The van der Waals surface area contributed by atoms with Crippen LogP contribution in [0.4, 0.5) is 0 Å². The molecule has 3 rings (SSSR count). The largest absolute Gasteiger partial charge is 0.493 e. The third-order valence-corrected chi connectivity index (χ3v) is 3.85. The molecule has 5 heteroatoms. The average Bonchev–Trinajstić information content (AvgIpc) is 2.91. The normalized spacial score (nSPS) is 11.0. The lowest BCUT2D eigenvalue weighted by Gasteiger charge is -2.10. The summed E-state index contributed by atoms with van der Waals surface area (Å²) in [6, 6.07) is 11.9. The Morgan fingerprint density at radius 3 is 2.48 bits per heavy atom. The first-order valence-corrected chi connectivity index (χ1v) is 7.48. The van der Waals surface area contributed by atoms with Crippen molar-refractivity contribution in [2.24, 2.45) is 0 Å². The molecule has 0 saturated carbocycles. The molecule has 0 radical (unpaired) electrons. The summed E-state index contributed by atoms with van der Waals surface area (Å²) < 4.78 is 12.7. The van der Waals surface area contributed by atoms with Gasteiger partial charge in [0.1, 0.15) is 5.82 Å². The van der Waals surface area contributed by atoms with Crippen LogP contribution in [0.15, 0.2) is 36.4 Å². The van der Waals surface area contributed by atoms with Gasteiger partial charge in [0.2, 0.25) is 0 Å². The fourth-order valence-electron chi connectivity index (χ4n) is 2.78. The Kier molecular flexibility index (Phi) is 4.21. The molecule has 5 nitrogen and oxygen atoms in total. The smallest absolute Gasteiger partial charge is 0.163 e. The van der Waals surface area contributed by atoms with Gasteiger partial charge >= 0.3 is 0 Å². The molecule has 1 heterocycles. The first kappa shape index (κ1) is 15.4. The number of aryl methyl sites for hydroxylation is 1. The highest BCUT2D eigenvalue weighted by molar-refractivity contribution is 5.84. The maximum absolute atomic E-state index is 9.45. The molecule has 0 spiro atoms. The van der Waals surface area contributed by atoms with Gasteiger partial charge in [-0.25, -0.2) is 4.98 Å². The number of fused-ring (bicyclic) bond motifs is 1. The van der Waals surface area contributed by atoms with Gasteiger partial charge in [-0.05, 0) is 13.0 Å². The number of benzene rings is 2. The van der Waals surface area contributed by atoms with Crippen molar-refractivity contribution in [2.75, 3.05) is 20.8 Å². The topological polar surface area (TPSA) is 56.5 Å². The van der Waals surface area contributed by atoms with E-state index in [1.807, 2.05) is 28.8 Å². The van der Waals surface area contributed by atoms with Crippen LogP contribution in [0.5, 0.6) is 11.5 Å². The number of aliphatic hydroxyl groups excluding tert-OH is 1. The molecule has 0 aliphatic rings. The molecule has 0 fully saturated rings. The van der Waals surface area contributed by atoms with Crippen molar-refractivity contribution < 1.29 is 14.6 Å². The molecule has 0 atom stereocenters. The zero-order valence-electron chi connectivity index (χ0n) is 13.5. The van der Waals surface area contributed by atoms with Crippen LogP contribution in [0.25, 0.3) is 22.4 Å². The second kappa shape index (κ2) is 6.30. The van der Waals surface area contributed by atoms with Crippen LogP contribution in [0.2, 0.25) is 0 Å². The number of aromatic nitrogens is 2. The van der Waals surface area contributed by atoms with E-state index in [-0.39, 0.29) is 6.61 Å². The molecule has 120 valence electrons. The van der Waals surface area contributed by atoms with Gasteiger partial charge in [0.15, 0.2) is 11.5 Å². The molecule has 2 aromatic carbocycles. The SMILES string of the molecule is COc1cc2nc(-c3cccc(C)c3)n(CCO)c2cc1OC. The Balaban J connectivity index is 2.27. The number of methoxy groups -OCH3 is 2. The van der Waals surface area contributed by atoms with E-state index in [4.69, 9.17) is 14.5 Å². The number of ether oxygens (including phenoxy) is 2. The van der Waals surface area contributed by atoms with E-state index < -0.39 is 0 Å². The van der Waals surface area contributed by atoms with Crippen LogP contribution in [0.1, 0.15) is 5.56 Å². The molecule has 0 bridgehead atoms. The van der Waals surface area contributed by atoms with Crippen molar-refractivity contribution in [1.29, 1.82) is 0 Å².